The van der Waals surface area contributed by atoms with Crippen LogP contribution < -0.4 is 11.1 Å². The highest BCUT2D eigenvalue weighted by molar-refractivity contribution is 9.10. The van der Waals surface area contributed by atoms with Crippen LogP contribution in [0, 0.1) is 12.8 Å². The number of nitrogens with two attached hydrogens (primary N) is 1. The molecule has 0 aromatic heterocycles. The van der Waals surface area contributed by atoms with Gasteiger partial charge in [-0.25, -0.2) is 0 Å². The van der Waals surface area contributed by atoms with E-state index in [1.807, 2.05) is 19.1 Å². The standard InChI is InChI=1S/C14H21BrN2O/c1-4-10(5-2)8-17-14(18)12-6-11(15)7-13(16)9(12)3/h6-7,10H,4-5,8,16H2,1-3H3,(H,17,18). The summed E-state index contributed by atoms with van der Waals surface area (Å²) in [6.07, 6.45) is 2.16. The minimum absolute atomic E-state index is 0.0487. The molecular weight excluding hydrogens is 292 g/mol. The molecule has 0 aliphatic rings. The molecule has 1 rings (SSSR count). The molecule has 0 atom stereocenters. The zero-order chi connectivity index (χ0) is 13.7. The van der Waals surface area contributed by atoms with Gasteiger partial charge in [0.2, 0.25) is 0 Å². The molecule has 1 amide bonds. The van der Waals surface area contributed by atoms with Crippen LogP contribution in [0.3, 0.4) is 0 Å². The van der Waals surface area contributed by atoms with E-state index in [9.17, 15) is 4.79 Å². The Balaban J connectivity index is 2.78. The van der Waals surface area contributed by atoms with Crippen LogP contribution >= 0.6 is 15.9 Å². The number of nitrogens with one attached hydrogen (secondary N) is 1. The second-order valence-corrected chi connectivity index (χ2v) is 5.48. The van der Waals surface area contributed by atoms with Crippen molar-refractivity contribution in [2.24, 2.45) is 5.92 Å². The molecule has 0 fully saturated rings. The van der Waals surface area contributed by atoms with Crippen molar-refractivity contribution < 1.29 is 4.79 Å². The fourth-order valence-corrected chi connectivity index (χ4v) is 2.32. The molecule has 0 aliphatic heterocycles. The highest BCUT2D eigenvalue weighted by Crippen LogP contribution is 2.22. The molecule has 0 bridgehead atoms. The summed E-state index contributed by atoms with van der Waals surface area (Å²) in [5.74, 6) is 0.492. The number of hydrogen-bond donors (Lipinski definition) is 2. The largest absolute Gasteiger partial charge is 0.398 e. The van der Waals surface area contributed by atoms with Crippen LogP contribution in [0.25, 0.3) is 0 Å². The minimum atomic E-state index is -0.0487. The Kier molecular flexibility index (Phi) is 5.66. The van der Waals surface area contributed by atoms with E-state index < -0.39 is 0 Å². The van der Waals surface area contributed by atoms with Gasteiger partial charge < -0.3 is 11.1 Å². The Morgan fingerprint density at radius 2 is 2.00 bits per heavy atom. The van der Waals surface area contributed by atoms with E-state index in [0.29, 0.717) is 17.2 Å². The highest BCUT2D eigenvalue weighted by atomic mass is 79.9. The number of carbonyl (C=O) groups is 1. The van der Waals surface area contributed by atoms with Gasteiger partial charge in [-0.15, -0.1) is 0 Å². The molecule has 1 aromatic carbocycles. The Labute approximate surface area is 117 Å². The zero-order valence-electron chi connectivity index (χ0n) is 11.2. The van der Waals surface area contributed by atoms with Crippen molar-refractivity contribution >= 4 is 27.5 Å². The maximum Gasteiger partial charge on any atom is 0.251 e. The fourth-order valence-electron chi connectivity index (χ4n) is 1.85. The lowest BCUT2D eigenvalue weighted by molar-refractivity contribution is 0.0946. The summed E-state index contributed by atoms with van der Waals surface area (Å²) >= 11 is 3.36. The molecule has 0 saturated carbocycles. The second-order valence-electron chi connectivity index (χ2n) is 4.56. The summed E-state index contributed by atoms with van der Waals surface area (Å²) in [5, 5.41) is 2.98. The van der Waals surface area contributed by atoms with E-state index in [2.05, 4.69) is 35.1 Å². The first-order valence-electron chi connectivity index (χ1n) is 6.33. The average Bonchev–Trinajstić information content (AvgIpc) is 2.34. The van der Waals surface area contributed by atoms with Gasteiger partial charge in [-0.2, -0.15) is 0 Å². The van der Waals surface area contributed by atoms with Gasteiger partial charge >= 0.3 is 0 Å². The SMILES string of the molecule is CCC(CC)CNC(=O)c1cc(Br)cc(N)c1C. The molecule has 18 heavy (non-hydrogen) atoms. The van der Waals surface area contributed by atoms with E-state index in [4.69, 9.17) is 5.73 Å². The van der Waals surface area contributed by atoms with E-state index in [0.717, 1.165) is 29.4 Å². The van der Waals surface area contributed by atoms with E-state index in [-0.39, 0.29) is 5.91 Å². The normalized spacial score (nSPS) is 10.7. The quantitative estimate of drug-likeness (QED) is 0.817. The van der Waals surface area contributed by atoms with Crippen molar-refractivity contribution in [1.82, 2.24) is 5.32 Å². The predicted molar refractivity (Wildman–Crippen MR) is 79.7 cm³/mol. The van der Waals surface area contributed by atoms with E-state index >= 15 is 0 Å². The average molecular weight is 313 g/mol. The van der Waals surface area contributed by atoms with Crippen LogP contribution in [-0.4, -0.2) is 12.5 Å². The van der Waals surface area contributed by atoms with Gasteiger partial charge in [-0.1, -0.05) is 42.6 Å². The zero-order valence-corrected chi connectivity index (χ0v) is 12.8. The third-order valence-electron chi connectivity index (χ3n) is 3.36. The lowest BCUT2D eigenvalue weighted by atomic mass is 10.0. The summed E-state index contributed by atoms with van der Waals surface area (Å²) in [6, 6.07) is 3.63. The van der Waals surface area contributed by atoms with Crippen LogP contribution in [0.4, 0.5) is 5.69 Å². The molecule has 0 saturated heterocycles. The molecule has 3 N–H and O–H groups in total. The number of hydrogen-bond acceptors (Lipinski definition) is 2. The number of rotatable bonds is 5. The Morgan fingerprint density at radius 1 is 1.39 bits per heavy atom. The van der Waals surface area contributed by atoms with Gasteiger partial charge in [0.05, 0.1) is 0 Å². The van der Waals surface area contributed by atoms with Crippen LogP contribution in [-0.2, 0) is 0 Å². The second kappa shape index (κ2) is 6.78. The highest BCUT2D eigenvalue weighted by Gasteiger charge is 2.13. The Hall–Kier alpha value is -1.03. The molecule has 0 spiro atoms. The summed E-state index contributed by atoms with van der Waals surface area (Å²) in [5.41, 5.74) is 7.97. The van der Waals surface area contributed by atoms with Gasteiger partial charge in [0.1, 0.15) is 0 Å². The molecule has 100 valence electrons. The monoisotopic (exact) mass is 312 g/mol. The molecule has 3 nitrogen and oxygen atoms in total. The van der Waals surface area contributed by atoms with Gasteiger partial charge in [0.15, 0.2) is 0 Å². The van der Waals surface area contributed by atoms with Crippen LogP contribution in [0.15, 0.2) is 16.6 Å². The molecule has 0 heterocycles. The van der Waals surface area contributed by atoms with Crippen LogP contribution in [0.2, 0.25) is 0 Å². The first-order valence-corrected chi connectivity index (χ1v) is 7.12. The van der Waals surface area contributed by atoms with Crippen molar-refractivity contribution in [3.63, 3.8) is 0 Å². The van der Waals surface area contributed by atoms with Crippen molar-refractivity contribution in [3.8, 4) is 0 Å². The third kappa shape index (κ3) is 3.73. The number of nitrogen functional groups attached to an aromatic ring is 1. The van der Waals surface area contributed by atoms with Crippen LogP contribution in [0.5, 0.6) is 0 Å². The van der Waals surface area contributed by atoms with Gasteiger partial charge in [-0.05, 0) is 30.5 Å². The summed E-state index contributed by atoms with van der Waals surface area (Å²) < 4.78 is 0.832. The molecular formula is C14H21BrN2O. The fraction of sp³-hybridized carbons (Fsp3) is 0.500. The lowest BCUT2D eigenvalue weighted by Crippen LogP contribution is -2.29. The summed E-state index contributed by atoms with van der Waals surface area (Å²) in [4.78, 5) is 12.1. The topological polar surface area (TPSA) is 55.1 Å². The van der Waals surface area contributed by atoms with Gasteiger partial charge in [0, 0.05) is 22.3 Å². The maximum absolute atomic E-state index is 12.1. The van der Waals surface area contributed by atoms with E-state index in [1.165, 1.54) is 0 Å². The van der Waals surface area contributed by atoms with Crippen molar-refractivity contribution in [3.05, 3.63) is 27.7 Å². The Bertz CT molecular complexity index is 428. The van der Waals surface area contributed by atoms with E-state index in [1.54, 1.807) is 0 Å². The lowest BCUT2D eigenvalue weighted by Gasteiger charge is -2.15. The first-order chi connectivity index (χ1) is 8.49. The predicted octanol–water partition coefficient (Wildman–Crippen LogP) is 3.51. The third-order valence-corrected chi connectivity index (χ3v) is 3.82. The number of anilines is 1. The number of benzene rings is 1. The smallest absolute Gasteiger partial charge is 0.251 e. The molecule has 0 unspecified atom stereocenters. The summed E-state index contributed by atoms with van der Waals surface area (Å²) in [7, 11) is 0. The van der Waals surface area contributed by atoms with Crippen molar-refractivity contribution in [2.45, 2.75) is 33.6 Å². The van der Waals surface area contributed by atoms with Gasteiger partial charge in [0.25, 0.3) is 5.91 Å². The molecule has 4 heteroatoms. The van der Waals surface area contributed by atoms with Gasteiger partial charge in [-0.3, -0.25) is 4.79 Å². The number of halogens is 1. The minimum Gasteiger partial charge on any atom is -0.398 e. The number of carbonyl (C=O) groups excluding carboxylic acids is 1. The summed E-state index contributed by atoms with van der Waals surface area (Å²) in [6.45, 7) is 6.87. The first kappa shape index (κ1) is 15.0. The molecule has 1 aromatic rings. The van der Waals surface area contributed by atoms with Crippen molar-refractivity contribution in [2.75, 3.05) is 12.3 Å². The van der Waals surface area contributed by atoms with Crippen molar-refractivity contribution in [1.29, 1.82) is 0 Å². The Morgan fingerprint density at radius 3 is 2.56 bits per heavy atom. The molecule has 0 radical (unpaired) electrons. The number of amides is 1. The maximum atomic E-state index is 12.1. The molecule has 0 aliphatic carbocycles. The van der Waals surface area contributed by atoms with Crippen LogP contribution in [0.1, 0.15) is 42.6 Å².